The average Bonchev–Trinajstić information content (AvgIpc) is 2.92. The number of carboxylic acids is 1. The zero-order valence-electron chi connectivity index (χ0n) is 8.40. The summed E-state index contributed by atoms with van der Waals surface area (Å²) in [6.45, 7) is 0.991. The van der Waals surface area contributed by atoms with E-state index in [9.17, 15) is 9.59 Å². The first-order valence-electron chi connectivity index (χ1n) is 4.54. The van der Waals surface area contributed by atoms with E-state index in [0.29, 0.717) is 19.6 Å². The number of rotatable bonds is 5. The lowest BCUT2D eigenvalue weighted by Gasteiger charge is -2.16. The third kappa shape index (κ3) is 2.45. The number of likely N-dealkylation sites (N-methyl/N-ethyl adjacent to an activating group) is 1. The third-order valence-electron chi connectivity index (χ3n) is 2.43. The Morgan fingerprint density at radius 1 is 1.50 bits per heavy atom. The topological polar surface area (TPSA) is 66.8 Å². The fraction of sp³-hybridized carbons (Fsp3) is 0.778. The average molecular weight is 201 g/mol. The molecular weight excluding hydrogens is 186 g/mol. The number of carbonyl (C=O) groups excluding carboxylic acids is 1. The van der Waals surface area contributed by atoms with Crippen LogP contribution in [-0.4, -0.2) is 49.2 Å². The Morgan fingerprint density at radius 3 is 2.57 bits per heavy atom. The molecule has 1 saturated carbocycles. The number of methoxy groups -OCH3 is 1. The highest BCUT2D eigenvalue weighted by Crippen LogP contribution is 2.39. The largest absolute Gasteiger partial charge is 0.481 e. The van der Waals surface area contributed by atoms with Crippen LogP contribution >= 0.6 is 0 Å². The lowest BCUT2D eigenvalue weighted by molar-refractivity contribution is -0.141. The van der Waals surface area contributed by atoms with Gasteiger partial charge in [-0.05, 0) is 6.42 Å². The predicted octanol–water partition coefficient (Wildman–Crippen LogP) is -0.188. The summed E-state index contributed by atoms with van der Waals surface area (Å²) < 4.78 is 4.83. The van der Waals surface area contributed by atoms with Crippen LogP contribution in [-0.2, 0) is 14.3 Å². The minimum absolute atomic E-state index is 0.0885. The van der Waals surface area contributed by atoms with Crippen molar-refractivity contribution in [3.05, 3.63) is 0 Å². The number of aliphatic carboxylic acids is 1. The molecule has 14 heavy (non-hydrogen) atoms. The second kappa shape index (κ2) is 4.41. The predicted molar refractivity (Wildman–Crippen MR) is 48.7 cm³/mol. The molecule has 1 N–H and O–H groups in total. The van der Waals surface area contributed by atoms with Crippen molar-refractivity contribution in [3.63, 3.8) is 0 Å². The van der Waals surface area contributed by atoms with Crippen molar-refractivity contribution in [2.75, 3.05) is 27.3 Å². The summed E-state index contributed by atoms with van der Waals surface area (Å²) >= 11 is 0. The van der Waals surface area contributed by atoms with Gasteiger partial charge in [0.15, 0.2) is 0 Å². The summed E-state index contributed by atoms with van der Waals surface area (Å²) in [7, 11) is 3.23. The molecule has 1 aliphatic rings. The second-order valence-corrected chi connectivity index (χ2v) is 3.54. The molecule has 0 heterocycles. The Hall–Kier alpha value is -1.10. The Labute approximate surface area is 82.6 Å². The molecule has 0 aromatic rings. The summed E-state index contributed by atoms with van der Waals surface area (Å²) in [5, 5.41) is 8.63. The zero-order chi connectivity index (χ0) is 10.7. The van der Waals surface area contributed by atoms with Crippen molar-refractivity contribution in [2.24, 2.45) is 11.8 Å². The van der Waals surface area contributed by atoms with Crippen molar-refractivity contribution in [1.29, 1.82) is 0 Å². The van der Waals surface area contributed by atoms with Crippen LogP contribution in [0.5, 0.6) is 0 Å². The number of nitrogens with zero attached hydrogens (tertiary/aromatic N) is 1. The molecule has 5 nitrogen and oxygen atoms in total. The van der Waals surface area contributed by atoms with E-state index < -0.39 is 11.9 Å². The molecule has 0 aromatic heterocycles. The summed E-state index contributed by atoms with van der Waals surface area (Å²) in [6.07, 6.45) is 0.478. The first-order chi connectivity index (χ1) is 6.57. The SMILES string of the molecule is COCCN(C)C(=O)C1CC1C(=O)O. The monoisotopic (exact) mass is 201 g/mol. The number of amides is 1. The summed E-state index contributed by atoms with van der Waals surface area (Å²) in [5.41, 5.74) is 0. The van der Waals surface area contributed by atoms with Crippen molar-refractivity contribution in [3.8, 4) is 0 Å². The lowest BCUT2D eigenvalue weighted by Crippen LogP contribution is -2.32. The first kappa shape index (κ1) is 11.0. The highest BCUT2D eigenvalue weighted by Gasteiger charge is 2.49. The van der Waals surface area contributed by atoms with E-state index in [-0.39, 0.29) is 11.8 Å². The molecule has 80 valence electrons. The highest BCUT2D eigenvalue weighted by molar-refractivity contribution is 5.89. The van der Waals surface area contributed by atoms with Crippen molar-refractivity contribution in [1.82, 2.24) is 4.90 Å². The van der Waals surface area contributed by atoms with Crippen LogP contribution in [0.15, 0.2) is 0 Å². The van der Waals surface area contributed by atoms with Gasteiger partial charge in [0.2, 0.25) is 5.91 Å². The van der Waals surface area contributed by atoms with Crippen LogP contribution in [0, 0.1) is 11.8 Å². The lowest BCUT2D eigenvalue weighted by atomic mass is 10.3. The van der Waals surface area contributed by atoms with Crippen molar-refractivity contribution >= 4 is 11.9 Å². The fourth-order valence-electron chi connectivity index (χ4n) is 1.36. The summed E-state index contributed by atoms with van der Waals surface area (Å²) in [6, 6.07) is 0. The molecule has 1 rings (SSSR count). The van der Waals surface area contributed by atoms with E-state index in [1.54, 1.807) is 14.2 Å². The molecule has 1 amide bonds. The van der Waals surface area contributed by atoms with Crippen LogP contribution in [0.2, 0.25) is 0 Å². The molecule has 2 unspecified atom stereocenters. The van der Waals surface area contributed by atoms with E-state index in [2.05, 4.69) is 0 Å². The van der Waals surface area contributed by atoms with E-state index in [4.69, 9.17) is 9.84 Å². The van der Waals surface area contributed by atoms with Gasteiger partial charge < -0.3 is 14.7 Å². The fourth-order valence-corrected chi connectivity index (χ4v) is 1.36. The van der Waals surface area contributed by atoms with Crippen LogP contribution < -0.4 is 0 Å². The van der Waals surface area contributed by atoms with Crippen LogP contribution in [0.25, 0.3) is 0 Å². The minimum atomic E-state index is -0.872. The van der Waals surface area contributed by atoms with E-state index >= 15 is 0 Å². The van der Waals surface area contributed by atoms with Crippen LogP contribution in [0.3, 0.4) is 0 Å². The van der Waals surface area contributed by atoms with Gasteiger partial charge in [-0.3, -0.25) is 9.59 Å². The minimum Gasteiger partial charge on any atom is -0.481 e. The maximum atomic E-state index is 11.5. The maximum Gasteiger partial charge on any atom is 0.307 e. The quantitative estimate of drug-likeness (QED) is 0.669. The zero-order valence-corrected chi connectivity index (χ0v) is 8.40. The van der Waals surface area contributed by atoms with Crippen LogP contribution in [0.1, 0.15) is 6.42 Å². The maximum absolute atomic E-state index is 11.5. The van der Waals surface area contributed by atoms with Gasteiger partial charge >= 0.3 is 5.97 Å². The Kier molecular flexibility index (Phi) is 3.46. The summed E-state index contributed by atoms with van der Waals surface area (Å²) in [5.74, 6) is -1.74. The van der Waals surface area contributed by atoms with E-state index in [1.165, 1.54) is 4.90 Å². The summed E-state index contributed by atoms with van der Waals surface area (Å²) in [4.78, 5) is 23.6. The molecule has 0 radical (unpaired) electrons. The first-order valence-corrected chi connectivity index (χ1v) is 4.54. The smallest absolute Gasteiger partial charge is 0.307 e. The number of hydrogen-bond acceptors (Lipinski definition) is 3. The van der Waals surface area contributed by atoms with Gasteiger partial charge in [-0.1, -0.05) is 0 Å². The molecule has 0 bridgehead atoms. The standard InChI is InChI=1S/C9H15NO4/c1-10(3-4-14-2)8(11)6-5-7(6)9(12)13/h6-7H,3-5H2,1-2H3,(H,12,13). The number of carboxylic acid groups (broad SMARTS) is 1. The van der Waals surface area contributed by atoms with Gasteiger partial charge in [0, 0.05) is 20.7 Å². The molecule has 0 saturated heterocycles. The molecule has 0 spiro atoms. The molecular formula is C9H15NO4. The number of ether oxygens (including phenoxy) is 1. The normalized spacial score (nSPS) is 24.4. The third-order valence-corrected chi connectivity index (χ3v) is 2.43. The van der Waals surface area contributed by atoms with Gasteiger partial charge in [0.05, 0.1) is 18.4 Å². The van der Waals surface area contributed by atoms with Gasteiger partial charge in [-0.2, -0.15) is 0 Å². The number of carbonyl (C=O) groups is 2. The molecule has 1 aliphatic carbocycles. The highest BCUT2D eigenvalue weighted by atomic mass is 16.5. The van der Waals surface area contributed by atoms with E-state index in [1.807, 2.05) is 0 Å². The molecule has 0 aliphatic heterocycles. The molecule has 1 fully saturated rings. The molecule has 5 heteroatoms. The van der Waals surface area contributed by atoms with Gasteiger partial charge in [-0.15, -0.1) is 0 Å². The Balaban J connectivity index is 2.32. The number of hydrogen-bond donors (Lipinski definition) is 1. The molecule has 0 aromatic carbocycles. The Morgan fingerprint density at radius 2 is 2.14 bits per heavy atom. The van der Waals surface area contributed by atoms with Crippen LogP contribution in [0.4, 0.5) is 0 Å². The van der Waals surface area contributed by atoms with Crippen molar-refractivity contribution < 1.29 is 19.4 Å². The molecule has 2 atom stereocenters. The van der Waals surface area contributed by atoms with Gasteiger partial charge in [0.25, 0.3) is 0 Å². The second-order valence-electron chi connectivity index (χ2n) is 3.54. The van der Waals surface area contributed by atoms with Gasteiger partial charge in [0.1, 0.15) is 0 Å². The van der Waals surface area contributed by atoms with Crippen molar-refractivity contribution in [2.45, 2.75) is 6.42 Å². The van der Waals surface area contributed by atoms with Gasteiger partial charge in [-0.25, -0.2) is 0 Å². The Bertz CT molecular complexity index is 241. The van der Waals surface area contributed by atoms with E-state index in [0.717, 1.165) is 0 Å².